The van der Waals surface area contributed by atoms with Gasteiger partial charge in [0.2, 0.25) is 0 Å². The number of fused-ring (bicyclic) bond motifs is 1. The van der Waals surface area contributed by atoms with Crippen LogP contribution in [0, 0.1) is 0 Å². The van der Waals surface area contributed by atoms with Crippen molar-refractivity contribution in [1.82, 2.24) is 0 Å². The van der Waals surface area contributed by atoms with Gasteiger partial charge >= 0.3 is 0 Å². The standard InChI is InChI=1S/C17H25N/c1-13-12-17(10-6-3-7-11-17)18-14(2)16-9-5-4-8-15(13)16/h4-5,8-9,13-14,18H,3,6-7,10-12H2,1-2H3/p+1/t13-,14+/m0/s1. The fourth-order valence-corrected chi connectivity index (χ4v) is 4.41. The number of benzene rings is 1. The van der Waals surface area contributed by atoms with Gasteiger partial charge in [-0.05, 0) is 31.2 Å². The summed E-state index contributed by atoms with van der Waals surface area (Å²) in [6.07, 6.45) is 8.55. The molecule has 1 spiro atoms. The van der Waals surface area contributed by atoms with E-state index in [1.165, 1.54) is 38.5 Å². The minimum Gasteiger partial charge on any atom is -0.335 e. The molecule has 1 nitrogen and oxygen atoms in total. The first-order valence-electron chi connectivity index (χ1n) is 7.65. The second kappa shape index (κ2) is 4.70. The van der Waals surface area contributed by atoms with Crippen molar-refractivity contribution in [2.75, 3.05) is 0 Å². The molecule has 1 aromatic rings. The lowest BCUT2D eigenvalue weighted by Gasteiger charge is -2.36. The molecule has 18 heavy (non-hydrogen) atoms. The summed E-state index contributed by atoms with van der Waals surface area (Å²) in [6, 6.07) is 9.74. The Balaban J connectivity index is 1.95. The molecule has 2 aliphatic rings. The first kappa shape index (κ1) is 12.2. The highest BCUT2D eigenvalue weighted by molar-refractivity contribution is 5.32. The Labute approximate surface area is 111 Å². The molecule has 1 aliphatic heterocycles. The van der Waals surface area contributed by atoms with E-state index >= 15 is 0 Å². The molecule has 3 rings (SSSR count). The summed E-state index contributed by atoms with van der Waals surface area (Å²) in [4.78, 5) is 0. The van der Waals surface area contributed by atoms with Gasteiger partial charge in [0.1, 0.15) is 6.04 Å². The van der Waals surface area contributed by atoms with Gasteiger partial charge in [-0.1, -0.05) is 37.6 Å². The van der Waals surface area contributed by atoms with Crippen LogP contribution in [0.4, 0.5) is 0 Å². The molecule has 0 aromatic heterocycles. The van der Waals surface area contributed by atoms with Crippen LogP contribution in [0.15, 0.2) is 24.3 Å². The highest BCUT2D eigenvalue weighted by Crippen LogP contribution is 2.38. The molecule has 0 radical (unpaired) electrons. The van der Waals surface area contributed by atoms with E-state index in [0.29, 0.717) is 11.6 Å². The van der Waals surface area contributed by atoms with E-state index < -0.39 is 0 Å². The van der Waals surface area contributed by atoms with Crippen LogP contribution < -0.4 is 5.32 Å². The molecule has 0 amide bonds. The van der Waals surface area contributed by atoms with Crippen LogP contribution in [0.2, 0.25) is 0 Å². The molecule has 1 heterocycles. The highest BCUT2D eigenvalue weighted by atomic mass is 15.0. The second-order valence-corrected chi connectivity index (χ2v) is 6.61. The van der Waals surface area contributed by atoms with Crippen molar-refractivity contribution >= 4 is 0 Å². The van der Waals surface area contributed by atoms with Crippen molar-refractivity contribution in [1.29, 1.82) is 0 Å². The summed E-state index contributed by atoms with van der Waals surface area (Å²) in [5.41, 5.74) is 3.71. The lowest BCUT2D eigenvalue weighted by atomic mass is 9.75. The third-order valence-corrected chi connectivity index (χ3v) is 5.18. The summed E-state index contributed by atoms with van der Waals surface area (Å²) < 4.78 is 0. The van der Waals surface area contributed by atoms with Crippen LogP contribution in [-0.2, 0) is 0 Å². The van der Waals surface area contributed by atoms with Crippen LogP contribution in [0.5, 0.6) is 0 Å². The van der Waals surface area contributed by atoms with E-state index in [2.05, 4.69) is 43.4 Å². The number of nitrogens with two attached hydrogens (primary N) is 1. The minimum atomic E-state index is 0.538. The van der Waals surface area contributed by atoms with Gasteiger partial charge < -0.3 is 5.32 Å². The molecular weight excluding hydrogens is 218 g/mol. The molecule has 0 bridgehead atoms. The topological polar surface area (TPSA) is 16.6 Å². The van der Waals surface area contributed by atoms with E-state index in [4.69, 9.17) is 0 Å². The summed E-state index contributed by atoms with van der Waals surface area (Å²) in [6.45, 7) is 4.83. The van der Waals surface area contributed by atoms with Crippen molar-refractivity contribution in [3.05, 3.63) is 35.4 Å². The molecule has 1 aromatic carbocycles. The molecule has 2 atom stereocenters. The van der Waals surface area contributed by atoms with Crippen LogP contribution in [0.1, 0.15) is 75.5 Å². The quantitative estimate of drug-likeness (QED) is 0.719. The Kier molecular flexibility index (Phi) is 3.19. The first-order valence-corrected chi connectivity index (χ1v) is 7.65. The molecule has 0 saturated heterocycles. The summed E-state index contributed by atoms with van der Waals surface area (Å²) in [7, 11) is 0. The Morgan fingerprint density at radius 3 is 2.39 bits per heavy atom. The lowest BCUT2D eigenvalue weighted by Crippen LogP contribution is -2.97. The van der Waals surface area contributed by atoms with Gasteiger partial charge in [-0.2, -0.15) is 0 Å². The zero-order chi connectivity index (χ0) is 12.6. The SMILES string of the molecule is C[C@H]1CC2(CCCCC2)[NH2+][C@H](C)c2ccccc21. The van der Waals surface area contributed by atoms with Crippen molar-refractivity contribution in [3.63, 3.8) is 0 Å². The van der Waals surface area contributed by atoms with E-state index in [0.717, 1.165) is 5.92 Å². The van der Waals surface area contributed by atoms with Gasteiger partial charge in [-0.15, -0.1) is 0 Å². The zero-order valence-electron chi connectivity index (χ0n) is 11.8. The molecule has 98 valence electrons. The number of quaternary nitrogens is 1. The lowest BCUT2D eigenvalue weighted by molar-refractivity contribution is -0.763. The molecule has 1 saturated carbocycles. The molecule has 1 fully saturated rings. The van der Waals surface area contributed by atoms with Crippen molar-refractivity contribution in [2.24, 2.45) is 0 Å². The van der Waals surface area contributed by atoms with E-state index in [-0.39, 0.29) is 0 Å². The third kappa shape index (κ3) is 2.09. The zero-order valence-corrected chi connectivity index (χ0v) is 11.8. The summed E-state index contributed by atoms with van der Waals surface area (Å²) in [5.74, 6) is 0.723. The Morgan fingerprint density at radius 1 is 1.00 bits per heavy atom. The van der Waals surface area contributed by atoms with Crippen molar-refractivity contribution < 1.29 is 5.32 Å². The summed E-state index contributed by atoms with van der Waals surface area (Å²) >= 11 is 0. The largest absolute Gasteiger partial charge is 0.335 e. The number of hydrogen-bond acceptors (Lipinski definition) is 0. The fourth-order valence-electron chi connectivity index (χ4n) is 4.41. The Bertz CT molecular complexity index is 384. The molecule has 1 aliphatic carbocycles. The van der Waals surface area contributed by atoms with Gasteiger partial charge in [-0.3, -0.25) is 0 Å². The summed E-state index contributed by atoms with van der Waals surface area (Å²) in [5, 5.41) is 2.70. The molecule has 2 N–H and O–H groups in total. The number of rotatable bonds is 0. The first-order chi connectivity index (χ1) is 8.70. The predicted molar refractivity (Wildman–Crippen MR) is 75.6 cm³/mol. The normalized spacial score (nSPS) is 30.8. The van der Waals surface area contributed by atoms with Crippen LogP contribution in [0.25, 0.3) is 0 Å². The highest BCUT2D eigenvalue weighted by Gasteiger charge is 2.41. The van der Waals surface area contributed by atoms with Gasteiger partial charge in [-0.25, -0.2) is 0 Å². The van der Waals surface area contributed by atoms with Gasteiger partial charge in [0, 0.05) is 24.8 Å². The van der Waals surface area contributed by atoms with Gasteiger partial charge in [0.05, 0.1) is 5.54 Å². The molecular formula is C17H26N+. The van der Waals surface area contributed by atoms with Gasteiger partial charge in [0.15, 0.2) is 0 Å². The monoisotopic (exact) mass is 244 g/mol. The predicted octanol–water partition coefficient (Wildman–Crippen LogP) is 3.52. The van der Waals surface area contributed by atoms with Crippen LogP contribution >= 0.6 is 0 Å². The second-order valence-electron chi connectivity index (χ2n) is 6.61. The number of hydrogen-bond donors (Lipinski definition) is 1. The average molecular weight is 244 g/mol. The van der Waals surface area contributed by atoms with Crippen molar-refractivity contribution in [3.8, 4) is 0 Å². The maximum Gasteiger partial charge on any atom is 0.109 e. The fraction of sp³-hybridized carbons (Fsp3) is 0.647. The van der Waals surface area contributed by atoms with Crippen LogP contribution in [-0.4, -0.2) is 5.54 Å². The Hall–Kier alpha value is -0.820. The minimum absolute atomic E-state index is 0.538. The molecule has 1 heteroatoms. The van der Waals surface area contributed by atoms with Crippen molar-refractivity contribution in [2.45, 2.75) is 69.9 Å². The molecule has 0 unspecified atom stereocenters. The maximum atomic E-state index is 2.70. The van der Waals surface area contributed by atoms with E-state index in [1.807, 2.05) is 0 Å². The smallest absolute Gasteiger partial charge is 0.109 e. The maximum absolute atomic E-state index is 2.70. The van der Waals surface area contributed by atoms with Gasteiger partial charge in [0.25, 0.3) is 0 Å². The van der Waals surface area contributed by atoms with E-state index in [1.54, 1.807) is 11.1 Å². The van der Waals surface area contributed by atoms with Crippen LogP contribution in [0.3, 0.4) is 0 Å². The third-order valence-electron chi connectivity index (χ3n) is 5.18. The van der Waals surface area contributed by atoms with E-state index in [9.17, 15) is 0 Å². The average Bonchev–Trinajstić information content (AvgIpc) is 2.48. The Morgan fingerprint density at radius 2 is 1.67 bits per heavy atom.